The normalized spacial score (nSPS) is 11.4. The number of aromatic carboxylic acids is 1. The number of hydrogen-bond donors (Lipinski definition) is 3. The summed E-state index contributed by atoms with van der Waals surface area (Å²) in [7, 11) is 0. The Bertz CT molecular complexity index is 1170. The Morgan fingerprint density at radius 3 is 2.52 bits per heavy atom. The molecule has 1 aromatic heterocycles. The summed E-state index contributed by atoms with van der Waals surface area (Å²) in [5.74, 6) is -1.68. The molecule has 1 atom stereocenters. The standard InChI is InChI=1S/C21H19NO8.Na/c1-11(23)20-17(25)3-2-4-19(20)30-10-12(24)9-29-13-5-6-14-15(7-13)22-16(21(27)28)8-18(14)26;/h2-8,12,24-25H,9-10H2,1H3,(H,22,26)(H,27,28);/q;+1/p-1. The van der Waals surface area contributed by atoms with Crippen molar-refractivity contribution in [2.75, 3.05) is 13.2 Å². The smallest absolute Gasteiger partial charge is 0.543 e. The number of benzene rings is 2. The number of carboxylic acids is 1. The van der Waals surface area contributed by atoms with Crippen LogP contribution in [0.25, 0.3) is 10.9 Å². The molecular weight excluding hydrogens is 417 g/mol. The first-order chi connectivity index (χ1) is 14.3. The summed E-state index contributed by atoms with van der Waals surface area (Å²) >= 11 is 0. The molecule has 0 radical (unpaired) electrons. The summed E-state index contributed by atoms with van der Waals surface area (Å²) < 4.78 is 10.9. The van der Waals surface area contributed by atoms with Crippen LogP contribution in [0.15, 0.2) is 47.3 Å². The molecule has 3 N–H and O–H groups in total. The number of aromatic amines is 1. The topological polar surface area (TPSA) is 149 Å². The second-order valence-electron chi connectivity index (χ2n) is 6.52. The molecule has 0 spiro atoms. The van der Waals surface area contributed by atoms with Gasteiger partial charge in [-0.1, -0.05) is 6.07 Å². The predicted molar refractivity (Wildman–Crippen MR) is 104 cm³/mol. The summed E-state index contributed by atoms with van der Waals surface area (Å²) in [5.41, 5.74) is -0.565. The van der Waals surface area contributed by atoms with Crippen LogP contribution < -0.4 is 49.6 Å². The minimum atomic E-state index is -1.51. The number of pyridine rings is 1. The van der Waals surface area contributed by atoms with Gasteiger partial charge in [-0.3, -0.25) is 9.59 Å². The van der Waals surface area contributed by atoms with E-state index >= 15 is 0 Å². The summed E-state index contributed by atoms with van der Waals surface area (Å²) in [6, 6.07) is 9.72. The van der Waals surface area contributed by atoms with Crippen molar-refractivity contribution in [2.24, 2.45) is 0 Å². The number of carboxylic acid groups (broad SMARTS) is 1. The van der Waals surface area contributed by atoms with Gasteiger partial charge in [-0.25, -0.2) is 0 Å². The van der Waals surface area contributed by atoms with Crippen molar-refractivity contribution < 1.29 is 63.9 Å². The van der Waals surface area contributed by atoms with Gasteiger partial charge in [0.1, 0.15) is 42.1 Å². The number of aromatic hydroxyl groups is 1. The number of phenolic OH excluding ortho intramolecular Hbond substituents is 1. The first-order valence-corrected chi connectivity index (χ1v) is 8.91. The van der Waals surface area contributed by atoms with Crippen molar-refractivity contribution in [3.8, 4) is 17.2 Å². The maximum Gasteiger partial charge on any atom is 1.00 e. The minimum absolute atomic E-state index is 0. The zero-order valence-electron chi connectivity index (χ0n) is 16.9. The van der Waals surface area contributed by atoms with E-state index in [0.717, 1.165) is 6.07 Å². The molecule has 0 saturated carbocycles. The van der Waals surface area contributed by atoms with Gasteiger partial charge in [0.05, 0.1) is 17.2 Å². The van der Waals surface area contributed by atoms with Crippen LogP contribution in [-0.4, -0.2) is 46.3 Å². The molecule has 10 heteroatoms. The van der Waals surface area contributed by atoms with Crippen LogP contribution in [0, 0.1) is 0 Å². The summed E-state index contributed by atoms with van der Waals surface area (Å²) in [5, 5.41) is 31.1. The number of ketones is 1. The Morgan fingerprint density at radius 2 is 1.84 bits per heavy atom. The maximum absolute atomic E-state index is 12.0. The second-order valence-corrected chi connectivity index (χ2v) is 6.52. The summed E-state index contributed by atoms with van der Waals surface area (Å²) in [6.45, 7) is 0.907. The quantitative estimate of drug-likeness (QED) is 0.262. The molecule has 0 fully saturated rings. The molecule has 0 aliphatic rings. The number of carbonyl (C=O) groups is 2. The number of fused-ring (bicyclic) bond motifs is 1. The van der Waals surface area contributed by atoms with E-state index in [-0.39, 0.29) is 88.0 Å². The number of aliphatic hydroxyl groups excluding tert-OH is 1. The van der Waals surface area contributed by atoms with E-state index in [9.17, 15) is 29.7 Å². The average molecular weight is 435 g/mol. The van der Waals surface area contributed by atoms with Gasteiger partial charge in [0.25, 0.3) is 0 Å². The van der Waals surface area contributed by atoms with Crippen molar-refractivity contribution in [1.82, 2.24) is 4.98 Å². The molecule has 0 aliphatic carbocycles. The fourth-order valence-electron chi connectivity index (χ4n) is 2.85. The third kappa shape index (κ3) is 5.86. The van der Waals surface area contributed by atoms with Crippen LogP contribution in [0.2, 0.25) is 0 Å². The van der Waals surface area contributed by atoms with Crippen molar-refractivity contribution in [1.29, 1.82) is 0 Å². The fourth-order valence-corrected chi connectivity index (χ4v) is 2.85. The van der Waals surface area contributed by atoms with Gasteiger partial charge in [-0.2, -0.15) is 0 Å². The second kappa shape index (κ2) is 10.5. The van der Waals surface area contributed by atoms with Gasteiger partial charge in [0.15, 0.2) is 11.2 Å². The first-order valence-electron chi connectivity index (χ1n) is 8.91. The Hall–Kier alpha value is -2.85. The SMILES string of the molecule is CC(=O)c1c(O)cccc1OCC(O)COc1ccc2c(=O)cc(C(=O)[O-])[nH]c2c1.[Na+]. The molecule has 9 nitrogen and oxygen atoms in total. The Labute approximate surface area is 198 Å². The van der Waals surface area contributed by atoms with E-state index in [2.05, 4.69) is 4.98 Å². The van der Waals surface area contributed by atoms with Gasteiger partial charge < -0.3 is 34.6 Å². The molecule has 0 aliphatic heterocycles. The number of aromatic nitrogens is 1. The van der Waals surface area contributed by atoms with E-state index in [1.165, 1.54) is 43.3 Å². The van der Waals surface area contributed by atoms with Gasteiger partial charge in [0.2, 0.25) is 0 Å². The van der Waals surface area contributed by atoms with Crippen molar-refractivity contribution in [3.63, 3.8) is 0 Å². The third-order valence-electron chi connectivity index (χ3n) is 4.25. The summed E-state index contributed by atoms with van der Waals surface area (Å²) in [6.07, 6.45) is -1.07. The molecule has 0 bridgehead atoms. The molecule has 156 valence electrons. The number of H-pyrrole nitrogens is 1. The third-order valence-corrected chi connectivity index (χ3v) is 4.25. The molecule has 31 heavy (non-hydrogen) atoms. The molecule has 1 unspecified atom stereocenters. The molecule has 2 aromatic carbocycles. The predicted octanol–water partition coefficient (Wildman–Crippen LogP) is -2.38. The van der Waals surface area contributed by atoms with Crippen LogP contribution >= 0.6 is 0 Å². The number of ether oxygens (including phenoxy) is 2. The van der Waals surface area contributed by atoms with E-state index in [4.69, 9.17) is 9.47 Å². The molecule has 0 saturated heterocycles. The Morgan fingerprint density at radius 1 is 1.13 bits per heavy atom. The van der Waals surface area contributed by atoms with Gasteiger partial charge >= 0.3 is 29.6 Å². The number of Topliss-reactive ketones (excluding diaryl/α,β-unsaturated/α-hetero) is 1. The van der Waals surface area contributed by atoms with Crippen LogP contribution in [0.5, 0.6) is 17.2 Å². The number of hydrogen-bond acceptors (Lipinski definition) is 8. The monoisotopic (exact) mass is 435 g/mol. The van der Waals surface area contributed by atoms with Crippen molar-refractivity contribution >= 4 is 22.7 Å². The van der Waals surface area contributed by atoms with Crippen LogP contribution in [0.4, 0.5) is 0 Å². The summed E-state index contributed by atoms with van der Waals surface area (Å²) in [4.78, 5) is 37.2. The zero-order chi connectivity index (χ0) is 21.8. The molecule has 3 rings (SSSR count). The number of rotatable bonds is 8. The van der Waals surface area contributed by atoms with Crippen molar-refractivity contribution in [2.45, 2.75) is 13.0 Å². The molecule has 1 heterocycles. The van der Waals surface area contributed by atoms with Gasteiger partial charge in [-0.05, 0) is 31.2 Å². The fraction of sp³-hybridized carbons (Fsp3) is 0.190. The maximum atomic E-state index is 12.0. The van der Waals surface area contributed by atoms with E-state index in [1.807, 2.05) is 0 Å². The molecule has 3 aromatic rings. The Kier molecular flexibility index (Phi) is 8.23. The van der Waals surface area contributed by atoms with Crippen molar-refractivity contribution in [3.05, 3.63) is 63.9 Å². The number of nitrogens with one attached hydrogen (secondary N) is 1. The minimum Gasteiger partial charge on any atom is -0.543 e. The molecular formula is C21H18NNaO8. The van der Waals surface area contributed by atoms with Gasteiger partial charge in [-0.15, -0.1) is 0 Å². The average Bonchev–Trinajstić information content (AvgIpc) is 2.70. The number of phenols is 1. The van der Waals surface area contributed by atoms with E-state index < -0.39 is 17.5 Å². The molecule has 0 amide bonds. The van der Waals surface area contributed by atoms with Crippen LogP contribution in [-0.2, 0) is 0 Å². The number of carbonyl (C=O) groups excluding carboxylic acids is 2. The number of aliphatic hydroxyl groups is 1. The Balaban J connectivity index is 0.00000341. The largest absolute Gasteiger partial charge is 1.00 e. The van der Waals surface area contributed by atoms with Gasteiger partial charge in [0, 0.05) is 17.5 Å². The van der Waals surface area contributed by atoms with Crippen LogP contribution in [0.3, 0.4) is 0 Å². The first kappa shape index (κ1) is 24.4. The zero-order valence-corrected chi connectivity index (χ0v) is 18.9. The van der Waals surface area contributed by atoms with E-state index in [1.54, 1.807) is 0 Å². The van der Waals surface area contributed by atoms with E-state index in [0.29, 0.717) is 0 Å². The van der Waals surface area contributed by atoms with Crippen LogP contribution in [0.1, 0.15) is 27.8 Å².